The first-order valence-corrected chi connectivity index (χ1v) is 6.29. The molecule has 1 N–H and O–H groups in total. The van der Waals surface area contributed by atoms with Crippen molar-refractivity contribution in [2.24, 2.45) is 11.3 Å². The van der Waals surface area contributed by atoms with E-state index >= 15 is 0 Å². The highest BCUT2D eigenvalue weighted by atomic mass is 14.8. The van der Waals surface area contributed by atoms with Gasteiger partial charge in [0.1, 0.15) is 0 Å². The Bertz CT molecular complexity index is 145. The molecular weight excluding hydrogens is 170 g/mol. The predicted octanol–water partition coefficient (Wildman–Crippen LogP) is 3.59. The Morgan fingerprint density at radius 1 is 1.14 bits per heavy atom. The maximum Gasteiger partial charge on any atom is -0.00468 e. The Morgan fingerprint density at radius 3 is 2.36 bits per heavy atom. The van der Waals surface area contributed by atoms with E-state index in [0.29, 0.717) is 5.41 Å². The first-order valence-electron chi connectivity index (χ1n) is 6.29. The highest BCUT2D eigenvalue weighted by Crippen LogP contribution is 2.36. The zero-order valence-corrected chi connectivity index (χ0v) is 10.2. The molecule has 1 rings (SSSR count). The van der Waals surface area contributed by atoms with Crippen LogP contribution in [0.5, 0.6) is 0 Å². The lowest BCUT2D eigenvalue weighted by Crippen LogP contribution is -2.23. The van der Waals surface area contributed by atoms with E-state index in [4.69, 9.17) is 0 Å². The predicted molar refractivity (Wildman–Crippen MR) is 63.5 cm³/mol. The second-order valence-corrected chi connectivity index (χ2v) is 5.73. The van der Waals surface area contributed by atoms with E-state index in [1.54, 1.807) is 0 Å². The second kappa shape index (κ2) is 5.75. The van der Waals surface area contributed by atoms with Gasteiger partial charge in [0.15, 0.2) is 0 Å². The molecule has 0 unspecified atom stereocenters. The van der Waals surface area contributed by atoms with Crippen LogP contribution in [0.3, 0.4) is 0 Å². The molecule has 1 aliphatic carbocycles. The van der Waals surface area contributed by atoms with E-state index in [2.05, 4.69) is 26.2 Å². The molecule has 1 saturated carbocycles. The van der Waals surface area contributed by atoms with Gasteiger partial charge >= 0.3 is 0 Å². The highest BCUT2D eigenvalue weighted by Gasteiger charge is 2.23. The Hall–Kier alpha value is -0.0400. The van der Waals surface area contributed by atoms with Gasteiger partial charge in [-0.3, -0.25) is 0 Å². The number of rotatable bonds is 5. The smallest absolute Gasteiger partial charge is 0.00468 e. The fraction of sp³-hybridized carbons (Fsp3) is 1.00. The lowest BCUT2D eigenvalue weighted by Gasteiger charge is -2.31. The summed E-state index contributed by atoms with van der Waals surface area (Å²) in [5.41, 5.74) is 0.547. The summed E-state index contributed by atoms with van der Waals surface area (Å²) in [5.74, 6) is 1.02. The maximum absolute atomic E-state index is 3.26. The van der Waals surface area contributed by atoms with E-state index < -0.39 is 0 Å². The zero-order valence-electron chi connectivity index (χ0n) is 10.2. The molecule has 0 aromatic carbocycles. The van der Waals surface area contributed by atoms with Gasteiger partial charge in [-0.1, -0.05) is 46.0 Å². The average Bonchev–Trinajstić information content (AvgIpc) is 2.16. The first-order chi connectivity index (χ1) is 6.64. The summed E-state index contributed by atoms with van der Waals surface area (Å²) < 4.78 is 0. The number of hydrogen-bond donors (Lipinski definition) is 1. The van der Waals surface area contributed by atoms with Crippen LogP contribution in [0.25, 0.3) is 0 Å². The van der Waals surface area contributed by atoms with Gasteiger partial charge < -0.3 is 5.32 Å². The molecule has 1 nitrogen and oxygen atoms in total. The molecule has 1 aliphatic rings. The fourth-order valence-electron chi connectivity index (χ4n) is 2.74. The minimum absolute atomic E-state index is 0.547. The van der Waals surface area contributed by atoms with Crippen LogP contribution < -0.4 is 5.32 Å². The highest BCUT2D eigenvalue weighted by molar-refractivity contribution is 4.76. The summed E-state index contributed by atoms with van der Waals surface area (Å²) in [5, 5.41) is 3.26. The van der Waals surface area contributed by atoms with Gasteiger partial charge in [0.2, 0.25) is 0 Å². The molecular formula is C13H27N. The third kappa shape index (κ3) is 4.45. The van der Waals surface area contributed by atoms with E-state index in [1.165, 1.54) is 51.5 Å². The van der Waals surface area contributed by atoms with Crippen LogP contribution in [0.2, 0.25) is 0 Å². The normalized spacial score (nSPS) is 19.9. The monoisotopic (exact) mass is 197 g/mol. The van der Waals surface area contributed by atoms with Crippen molar-refractivity contribution in [3.63, 3.8) is 0 Å². The van der Waals surface area contributed by atoms with E-state index in [-0.39, 0.29) is 0 Å². The van der Waals surface area contributed by atoms with Crippen LogP contribution in [0.15, 0.2) is 0 Å². The van der Waals surface area contributed by atoms with Crippen molar-refractivity contribution in [2.75, 3.05) is 13.6 Å². The quantitative estimate of drug-likeness (QED) is 0.710. The van der Waals surface area contributed by atoms with E-state index in [0.717, 1.165) is 5.92 Å². The zero-order chi connectivity index (χ0) is 10.4. The standard InChI is InChI=1S/C13H27N/c1-13(2,9-10-14-3)11-12-7-5-4-6-8-12/h12,14H,4-11H2,1-3H3. The summed E-state index contributed by atoms with van der Waals surface area (Å²) in [7, 11) is 2.05. The third-order valence-corrected chi connectivity index (χ3v) is 3.62. The first kappa shape index (κ1) is 12.0. The lowest BCUT2D eigenvalue weighted by atomic mass is 9.75. The van der Waals surface area contributed by atoms with Crippen LogP contribution in [0, 0.1) is 11.3 Å². The van der Waals surface area contributed by atoms with Gasteiger partial charge in [-0.25, -0.2) is 0 Å². The summed E-state index contributed by atoms with van der Waals surface area (Å²) in [6.07, 6.45) is 10.2. The summed E-state index contributed by atoms with van der Waals surface area (Å²) in [4.78, 5) is 0. The molecule has 0 saturated heterocycles. The van der Waals surface area contributed by atoms with Crippen LogP contribution in [-0.4, -0.2) is 13.6 Å². The molecule has 1 heteroatoms. The minimum Gasteiger partial charge on any atom is -0.320 e. The molecule has 0 aliphatic heterocycles. The van der Waals surface area contributed by atoms with Crippen molar-refractivity contribution >= 4 is 0 Å². The lowest BCUT2D eigenvalue weighted by molar-refractivity contribution is 0.209. The molecule has 0 aromatic heterocycles. The van der Waals surface area contributed by atoms with Gasteiger partial charge in [-0.05, 0) is 37.8 Å². The average molecular weight is 197 g/mol. The Kier molecular flexibility index (Phi) is 4.94. The van der Waals surface area contributed by atoms with E-state index in [1.807, 2.05) is 0 Å². The minimum atomic E-state index is 0.547. The van der Waals surface area contributed by atoms with Gasteiger partial charge in [0, 0.05) is 0 Å². The van der Waals surface area contributed by atoms with E-state index in [9.17, 15) is 0 Å². The summed E-state index contributed by atoms with van der Waals surface area (Å²) in [6.45, 7) is 6.03. The molecule has 0 heterocycles. The maximum atomic E-state index is 3.26. The molecule has 14 heavy (non-hydrogen) atoms. The van der Waals surface area contributed by atoms with Crippen molar-refractivity contribution in [2.45, 2.75) is 58.8 Å². The Labute approximate surface area is 89.7 Å². The Morgan fingerprint density at radius 2 is 1.79 bits per heavy atom. The molecule has 84 valence electrons. The second-order valence-electron chi connectivity index (χ2n) is 5.73. The van der Waals surface area contributed by atoms with Gasteiger partial charge in [-0.15, -0.1) is 0 Å². The molecule has 0 spiro atoms. The number of nitrogens with one attached hydrogen (secondary N) is 1. The molecule has 0 atom stereocenters. The molecule has 0 amide bonds. The summed E-state index contributed by atoms with van der Waals surface area (Å²) >= 11 is 0. The topological polar surface area (TPSA) is 12.0 Å². The van der Waals surface area contributed by atoms with Crippen LogP contribution in [0.1, 0.15) is 58.8 Å². The molecule has 1 fully saturated rings. The van der Waals surface area contributed by atoms with Crippen LogP contribution >= 0.6 is 0 Å². The van der Waals surface area contributed by atoms with Gasteiger partial charge in [0.25, 0.3) is 0 Å². The third-order valence-electron chi connectivity index (χ3n) is 3.62. The van der Waals surface area contributed by atoms with Gasteiger partial charge in [-0.2, -0.15) is 0 Å². The van der Waals surface area contributed by atoms with Crippen molar-refractivity contribution in [3.05, 3.63) is 0 Å². The molecule has 0 bridgehead atoms. The van der Waals surface area contributed by atoms with Gasteiger partial charge in [0.05, 0.1) is 0 Å². The molecule has 0 aromatic rings. The largest absolute Gasteiger partial charge is 0.320 e. The van der Waals surface area contributed by atoms with Crippen molar-refractivity contribution in [1.82, 2.24) is 5.32 Å². The Balaban J connectivity index is 2.25. The number of hydrogen-bond acceptors (Lipinski definition) is 1. The van der Waals surface area contributed by atoms with Crippen molar-refractivity contribution in [3.8, 4) is 0 Å². The van der Waals surface area contributed by atoms with Crippen LogP contribution in [-0.2, 0) is 0 Å². The SMILES string of the molecule is CNCCC(C)(C)CC1CCCCC1. The summed E-state index contributed by atoms with van der Waals surface area (Å²) in [6, 6.07) is 0. The van der Waals surface area contributed by atoms with Crippen molar-refractivity contribution < 1.29 is 0 Å². The van der Waals surface area contributed by atoms with Crippen molar-refractivity contribution in [1.29, 1.82) is 0 Å². The fourth-order valence-corrected chi connectivity index (χ4v) is 2.74. The van der Waals surface area contributed by atoms with Crippen LogP contribution in [0.4, 0.5) is 0 Å². The molecule has 0 radical (unpaired) electrons.